The standard InChI is InChI=1S/C16H18Cl2N2O2.C2H6/c1-2-3-4-7-22-14-9-16(21)20(19-10-14)11-12-5-6-13(17)8-15(12)18;1-2/h5-6,8-10H,2-4,7,11H2,1H3;1-2H3. The van der Waals surface area contributed by atoms with E-state index >= 15 is 0 Å². The summed E-state index contributed by atoms with van der Waals surface area (Å²) in [6.45, 7) is 7.03. The van der Waals surface area contributed by atoms with Crippen molar-refractivity contribution in [3.8, 4) is 5.75 Å². The lowest BCUT2D eigenvalue weighted by molar-refractivity contribution is 0.302. The van der Waals surface area contributed by atoms with Crippen molar-refractivity contribution in [3.05, 3.63) is 56.4 Å². The summed E-state index contributed by atoms with van der Waals surface area (Å²) in [7, 11) is 0. The summed E-state index contributed by atoms with van der Waals surface area (Å²) in [4.78, 5) is 12.1. The van der Waals surface area contributed by atoms with Gasteiger partial charge in [0.25, 0.3) is 5.56 Å². The molecule has 0 aliphatic rings. The van der Waals surface area contributed by atoms with Crippen molar-refractivity contribution < 1.29 is 4.74 Å². The number of nitrogens with zero attached hydrogens (tertiary/aromatic N) is 2. The molecular formula is C18H24Cl2N2O2. The molecule has 2 rings (SSSR count). The fraction of sp³-hybridized carbons (Fsp3) is 0.444. The monoisotopic (exact) mass is 370 g/mol. The van der Waals surface area contributed by atoms with Crippen molar-refractivity contribution in [2.24, 2.45) is 0 Å². The highest BCUT2D eigenvalue weighted by Gasteiger charge is 2.06. The van der Waals surface area contributed by atoms with E-state index in [1.807, 2.05) is 13.8 Å². The highest BCUT2D eigenvalue weighted by Crippen LogP contribution is 2.21. The van der Waals surface area contributed by atoms with Gasteiger partial charge < -0.3 is 4.74 Å². The van der Waals surface area contributed by atoms with Gasteiger partial charge >= 0.3 is 0 Å². The van der Waals surface area contributed by atoms with Gasteiger partial charge in [0, 0.05) is 16.1 Å². The third-order valence-corrected chi connectivity index (χ3v) is 3.78. The van der Waals surface area contributed by atoms with Crippen LogP contribution in [0.1, 0.15) is 45.6 Å². The minimum absolute atomic E-state index is 0.223. The molecule has 132 valence electrons. The Kier molecular flexibility index (Phi) is 9.50. The summed E-state index contributed by atoms with van der Waals surface area (Å²) in [6.07, 6.45) is 4.77. The van der Waals surface area contributed by atoms with Gasteiger partial charge in [-0.05, 0) is 24.1 Å². The number of benzene rings is 1. The second kappa shape index (κ2) is 11.1. The van der Waals surface area contributed by atoms with E-state index in [2.05, 4.69) is 12.0 Å². The first-order chi connectivity index (χ1) is 11.6. The Labute approximate surface area is 153 Å². The van der Waals surface area contributed by atoms with Gasteiger partial charge in [0.15, 0.2) is 0 Å². The molecular weight excluding hydrogens is 347 g/mol. The van der Waals surface area contributed by atoms with Gasteiger partial charge in [0.1, 0.15) is 5.75 Å². The summed E-state index contributed by atoms with van der Waals surface area (Å²) in [5, 5.41) is 5.20. The van der Waals surface area contributed by atoms with Gasteiger partial charge in [-0.25, -0.2) is 4.68 Å². The van der Waals surface area contributed by atoms with E-state index in [0.717, 1.165) is 24.8 Å². The zero-order chi connectivity index (χ0) is 17.9. The molecule has 0 N–H and O–H groups in total. The molecule has 0 saturated heterocycles. The number of hydrogen-bond acceptors (Lipinski definition) is 3. The first kappa shape index (κ1) is 20.5. The van der Waals surface area contributed by atoms with Crippen LogP contribution in [0.2, 0.25) is 10.0 Å². The van der Waals surface area contributed by atoms with Crippen LogP contribution < -0.4 is 10.3 Å². The molecule has 0 radical (unpaired) electrons. The van der Waals surface area contributed by atoms with Gasteiger partial charge in [0.05, 0.1) is 19.3 Å². The molecule has 2 aromatic rings. The maximum absolute atomic E-state index is 12.1. The lowest BCUT2D eigenvalue weighted by Gasteiger charge is -2.09. The molecule has 0 spiro atoms. The topological polar surface area (TPSA) is 44.1 Å². The van der Waals surface area contributed by atoms with Crippen molar-refractivity contribution in [2.75, 3.05) is 6.61 Å². The van der Waals surface area contributed by atoms with Crippen LogP contribution in [0, 0.1) is 0 Å². The van der Waals surface area contributed by atoms with Crippen LogP contribution >= 0.6 is 23.2 Å². The van der Waals surface area contributed by atoms with Gasteiger partial charge in [-0.3, -0.25) is 4.79 Å². The van der Waals surface area contributed by atoms with Crippen molar-refractivity contribution >= 4 is 23.2 Å². The van der Waals surface area contributed by atoms with Gasteiger partial charge in [-0.15, -0.1) is 0 Å². The maximum Gasteiger partial charge on any atom is 0.270 e. The Morgan fingerprint density at radius 1 is 1.17 bits per heavy atom. The Hall–Kier alpha value is -1.52. The lowest BCUT2D eigenvalue weighted by Crippen LogP contribution is -2.22. The van der Waals surface area contributed by atoms with Crippen molar-refractivity contribution in [1.29, 1.82) is 0 Å². The first-order valence-electron chi connectivity index (χ1n) is 8.24. The third kappa shape index (κ3) is 6.54. The predicted octanol–water partition coefficient (Wildman–Crippen LogP) is 5.19. The largest absolute Gasteiger partial charge is 0.492 e. The fourth-order valence-electron chi connectivity index (χ4n) is 1.97. The average molecular weight is 371 g/mol. The number of halogens is 2. The number of unbranched alkanes of at least 4 members (excludes halogenated alkanes) is 2. The number of hydrogen-bond donors (Lipinski definition) is 0. The Bertz CT molecular complexity index is 687. The van der Waals surface area contributed by atoms with E-state index in [0.29, 0.717) is 28.9 Å². The smallest absolute Gasteiger partial charge is 0.270 e. The third-order valence-electron chi connectivity index (χ3n) is 3.20. The van der Waals surface area contributed by atoms with E-state index < -0.39 is 0 Å². The highest BCUT2D eigenvalue weighted by atomic mass is 35.5. The number of ether oxygens (including phenoxy) is 1. The minimum Gasteiger partial charge on any atom is -0.492 e. The van der Waals surface area contributed by atoms with E-state index in [-0.39, 0.29) is 5.56 Å². The minimum atomic E-state index is -0.223. The Balaban J connectivity index is 0.00000139. The quantitative estimate of drug-likeness (QED) is 0.629. The molecule has 0 saturated carbocycles. The van der Waals surface area contributed by atoms with Crippen LogP contribution in [0.3, 0.4) is 0 Å². The van der Waals surface area contributed by atoms with E-state index in [1.54, 1.807) is 24.4 Å². The average Bonchev–Trinajstić information content (AvgIpc) is 2.58. The molecule has 0 fully saturated rings. The molecule has 0 aliphatic carbocycles. The Morgan fingerprint density at radius 2 is 1.92 bits per heavy atom. The molecule has 0 aliphatic heterocycles. The van der Waals surface area contributed by atoms with Crippen molar-refractivity contribution in [2.45, 2.75) is 46.6 Å². The van der Waals surface area contributed by atoms with Crippen LogP contribution in [0.4, 0.5) is 0 Å². The van der Waals surface area contributed by atoms with Crippen LogP contribution in [0.25, 0.3) is 0 Å². The summed E-state index contributed by atoms with van der Waals surface area (Å²) < 4.78 is 6.86. The summed E-state index contributed by atoms with van der Waals surface area (Å²) in [5.74, 6) is 0.500. The molecule has 1 aromatic carbocycles. The molecule has 1 aromatic heterocycles. The lowest BCUT2D eigenvalue weighted by atomic mass is 10.2. The van der Waals surface area contributed by atoms with Crippen LogP contribution in [0.5, 0.6) is 5.75 Å². The molecule has 0 amide bonds. The van der Waals surface area contributed by atoms with Gasteiger partial charge in [-0.2, -0.15) is 5.10 Å². The number of rotatable bonds is 7. The summed E-state index contributed by atoms with van der Waals surface area (Å²) in [5.41, 5.74) is 0.566. The summed E-state index contributed by atoms with van der Waals surface area (Å²) >= 11 is 12.0. The zero-order valence-corrected chi connectivity index (χ0v) is 15.9. The van der Waals surface area contributed by atoms with Crippen molar-refractivity contribution in [3.63, 3.8) is 0 Å². The zero-order valence-electron chi connectivity index (χ0n) is 14.4. The molecule has 4 nitrogen and oxygen atoms in total. The molecule has 0 unspecified atom stereocenters. The van der Waals surface area contributed by atoms with Gasteiger partial charge in [0.2, 0.25) is 0 Å². The van der Waals surface area contributed by atoms with E-state index in [1.165, 1.54) is 10.7 Å². The molecule has 24 heavy (non-hydrogen) atoms. The summed E-state index contributed by atoms with van der Waals surface area (Å²) in [6, 6.07) is 6.62. The SMILES string of the molecule is CC.CCCCCOc1cnn(Cc2ccc(Cl)cc2Cl)c(=O)c1. The fourth-order valence-corrected chi connectivity index (χ4v) is 2.44. The second-order valence-corrected chi connectivity index (χ2v) is 5.82. The van der Waals surface area contributed by atoms with Gasteiger partial charge in [-0.1, -0.05) is 62.9 Å². The number of aromatic nitrogens is 2. The Morgan fingerprint density at radius 3 is 2.54 bits per heavy atom. The van der Waals surface area contributed by atoms with E-state index in [9.17, 15) is 4.79 Å². The first-order valence-corrected chi connectivity index (χ1v) is 8.99. The highest BCUT2D eigenvalue weighted by molar-refractivity contribution is 6.35. The van der Waals surface area contributed by atoms with Crippen LogP contribution in [0.15, 0.2) is 35.3 Å². The maximum atomic E-state index is 12.1. The molecule has 0 atom stereocenters. The van der Waals surface area contributed by atoms with Crippen molar-refractivity contribution in [1.82, 2.24) is 9.78 Å². The van der Waals surface area contributed by atoms with Crippen LogP contribution in [-0.2, 0) is 6.54 Å². The molecule has 0 bridgehead atoms. The second-order valence-electron chi connectivity index (χ2n) is 4.98. The van der Waals surface area contributed by atoms with E-state index in [4.69, 9.17) is 27.9 Å². The van der Waals surface area contributed by atoms with Crippen LogP contribution in [-0.4, -0.2) is 16.4 Å². The normalized spacial score (nSPS) is 10.0. The molecule has 6 heteroatoms. The molecule has 1 heterocycles. The predicted molar refractivity (Wildman–Crippen MR) is 100 cm³/mol.